The molecule has 6 heteroatoms. The second-order valence-electron chi connectivity index (χ2n) is 6.42. The van der Waals surface area contributed by atoms with Crippen LogP contribution < -0.4 is 10.1 Å². The fraction of sp³-hybridized carbons (Fsp3) is 0.227. The van der Waals surface area contributed by atoms with Gasteiger partial charge < -0.3 is 10.1 Å². The SMILES string of the molecule is Cc1cc(C)nc(SCC(=O)NCc2ccc(COc3ccccc3)cc2)n1. The Morgan fingerprint density at radius 2 is 1.61 bits per heavy atom. The van der Waals surface area contributed by atoms with Gasteiger partial charge in [0.05, 0.1) is 5.75 Å². The lowest BCUT2D eigenvalue weighted by Crippen LogP contribution is -2.24. The first-order valence-corrected chi connectivity index (χ1v) is 10.0. The lowest BCUT2D eigenvalue weighted by Gasteiger charge is -2.08. The Morgan fingerprint density at radius 1 is 0.964 bits per heavy atom. The lowest BCUT2D eigenvalue weighted by atomic mass is 10.1. The molecule has 0 fully saturated rings. The molecule has 3 rings (SSSR count). The van der Waals surface area contributed by atoms with Gasteiger partial charge >= 0.3 is 0 Å². The van der Waals surface area contributed by atoms with Crippen molar-refractivity contribution in [3.8, 4) is 5.75 Å². The largest absolute Gasteiger partial charge is 0.489 e. The maximum absolute atomic E-state index is 12.1. The average molecular weight is 394 g/mol. The van der Waals surface area contributed by atoms with Crippen LogP contribution in [0.3, 0.4) is 0 Å². The van der Waals surface area contributed by atoms with Crippen LogP contribution in [-0.2, 0) is 17.9 Å². The van der Waals surface area contributed by atoms with Crippen molar-refractivity contribution < 1.29 is 9.53 Å². The summed E-state index contributed by atoms with van der Waals surface area (Å²) in [5, 5.41) is 3.56. The number of ether oxygens (including phenoxy) is 1. The normalized spacial score (nSPS) is 10.5. The quantitative estimate of drug-likeness (QED) is 0.461. The molecule has 5 nitrogen and oxygen atoms in total. The van der Waals surface area contributed by atoms with Gasteiger partial charge in [-0.3, -0.25) is 4.79 Å². The van der Waals surface area contributed by atoms with E-state index in [4.69, 9.17) is 4.74 Å². The van der Waals surface area contributed by atoms with Gasteiger partial charge in [0.2, 0.25) is 5.91 Å². The highest BCUT2D eigenvalue weighted by molar-refractivity contribution is 7.99. The topological polar surface area (TPSA) is 64.1 Å². The molecule has 1 amide bonds. The van der Waals surface area contributed by atoms with Crippen molar-refractivity contribution in [1.29, 1.82) is 0 Å². The van der Waals surface area contributed by atoms with Crippen molar-refractivity contribution in [2.75, 3.05) is 5.75 Å². The zero-order chi connectivity index (χ0) is 19.8. The van der Waals surface area contributed by atoms with E-state index in [1.807, 2.05) is 74.5 Å². The van der Waals surface area contributed by atoms with Crippen LogP contribution in [0.5, 0.6) is 5.75 Å². The Morgan fingerprint density at radius 3 is 2.29 bits per heavy atom. The highest BCUT2D eigenvalue weighted by Gasteiger charge is 2.06. The summed E-state index contributed by atoms with van der Waals surface area (Å²) in [4.78, 5) is 20.7. The Balaban J connectivity index is 1.42. The van der Waals surface area contributed by atoms with Gasteiger partial charge in [0.1, 0.15) is 12.4 Å². The lowest BCUT2D eigenvalue weighted by molar-refractivity contribution is -0.118. The summed E-state index contributed by atoms with van der Waals surface area (Å²) in [5.74, 6) is 1.11. The number of nitrogens with one attached hydrogen (secondary N) is 1. The maximum atomic E-state index is 12.1. The summed E-state index contributed by atoms with van der Waals surface area (Å²) >= 11 is 1.35. The van der Waals surface area contributed by atoms with E-state index in [0.29, 0.717) is 24.1 Å². The van der Waals surface area contributed by atoms with Crippen LogP contribution in [0.15, 0.2) is 65.8 Å². The molecule has 3 aromatic rings. The average Bonchev–Trinajstić information content (AvgIpc) is 2.70. The molecule has 2 aromatic carbocycles. The first-order chi connectivity index (χ1) is 13.6. The molecule has 0 aliphatic heterocycles. The maximum Gasteiger partial charge on any atom is 0.230 e. The number of aromatic nitrogens is 2. The van der Waals surface area contributed by atoms with Crippen molar-refractivity contribution in [3.05, 3.63) is 83.2 Å². The smallest absolute Gasteiger partial charge is 0.230 e. The Labute approximate surface area is 169 Å². The van der Waals surface area contributed by atoms with Gasteiger partial charge in [0.25, 0.3) is 0 Å². The van der Waals surface area contributed by atoms with Gasteiger partial charge in [-0.15, -0.1) is 0 Å². The number of aryl methyl sites for hydroxylation is 2. The molecule has 28 heavy (non-hydrogen) atoms. The van der Waals surface area contributed by atoms with Crippen LogP contribution in [0.2, 0.25) is 0 Å². The predicted molar refractivity (Wildman–Crippen MR) is 111 cm³/mol. The minimum atomic E-state index is -0.0377. The second kappa shape index (κ2) is 9.90. The molecule has 0 aliphatic rings. The Bertz CT molecular complexity index is 895. The van der Waals surface area contributed by atoms with Crippen LogP contribution in [0.25, 0.3) is 0 Å². The van der Waals surface area contributed by atoms with E-state index in [0.717, 1.165) is 28.3 Å². The van der Waals surface area contributed by atoms with Gasteiger partial charge in [-0.25, -0.2) is 9.97 Å². The fourth-order valence-electron chi connectivity index (χ4n) is 2.58. The van der Waals surface area contributed by atoms with Crippen molar-refractivity contribution in [1.82, 2.24) is 15.3 Å². The zero-order valence-corrected chi connectivity index (χ0v) is 16.8. The van der Waals surface area contributed by atoms with E-state index in [9.17, 15) is 4.79 Å². The summed E-state index contributed by atoms with van der Waals surface area (Å²) in [6, 6.07) is 19.7. The van der Waals surface area contributed by atoms with Crippen molar-refractivity contribution in [3.63, 3.8) is 0 Å². The zero-order valence-electron chi connectivity index (χ0n) is 16.0. The van der Waals surface area contributed by atoms with E-state index in [2.05, 4.69) is 15.3 Å². The summed E-state index contributed by atoms with van der Waals surface area (Å²) < 4.78 is 5.74. The van der Waals surface area contributed by atoms with Gasteiger partial charge in [-0.1, -0.05) is 54.2 Å². The number of benzene rings is 2. The monoisotopic (exact) mass is 393 g/mol. The summed E-state index contributed by atoms with van der Waals surface area (Å²) in [7, 11) is 0. The van der Waals surface area contributed by atoms with Gasteiger partial charge in [-0.2, -0.15) is 0 Å². The number of hydrogen-bond acceptors (Lipinski definition) is 5. The van der Waals surface area contributed by atoms with Crippen molar-refractivity contribution in [2.24, 2.45) is 0 Å². The number of carbonyl (C=O) groups is 1. The van der Waals surface area contributed by atoms with Crippen LogP contribution in [0.1, 0.15) is 22.5 Å². The summed E-state index contributed by atoms with van der Waals surface area (Å²) in [6.07, 6.45) is 0. The molecule has 0 unspecified atom stereocenters. The number of nitrogens with zero attached hydrogens (tertiary/aromatic N) is 2. The van der Waals surface area contributed by atoms with Crippen molar-refractivity contribution >= 4 is 17.7 Å². The minimum absolute atomic E-state index is 0.0377. The molecule has 1 N–H and O–H groups in total. The molecule has 1 aromatic heterocycles. The number of para-hydroxylation sites is 1. The fourth-order valence-corrected chi connectivity index (χ4v) is 3.36. The Kier molecular flexibility index (Phi) is 7.03. The van der Waals surface area contributed by atoms with Crippen LogP contribution >= 0.6 is 11.8 Å². The van der Waals surface area contributed by atoms with Gasteiger partial charge in [-0.05, 0) is 43.2 Å². The third-order valence-electron chi connectivity index (χ3n) is 3.96. The standard InChI is InChI=1S/C22H23N3O2S/c1-16-12-17(2)25-22(24-16)28-15-21(26)23-13-18-8-10-19(11-9-18)14-27-20-6-4-3-5-7-20/h3-12H,13-15H2,1-2H3,(H,23,26). The molecule has 144 valence electrons. The molecule has 0 saturated carbocycles. The van der Waals surface area contributed by atoms with E-state index < -0.39 is 0 Å². The number of thioether (sulfide) groups is 1. The number of rotatable bonds is 8. The summed E-state index contributed by atoms with van der Waals surface area (Å²) in [5.41, 5.74) is 3.95. The summed E-state index contributed by atoms with van der Waals surface area (Å²) in [6.45, 7) is 4.86. The van der Waals surface area contributed by atoms with Crippen LogP contribution in [0, 0.1) is 13.8 Å². The molecule has 0 saturated heterocycles. The highest BCUT2D eigenvalue weighted by Crippen LogP contribution is 2.14. The molecule has 0 spiro atoms. The van der Waals surface area contributed by atoms with Crippen molar-refractivity contribution in [2.45, 2.75) is 32.2 Å². The molecule has 0 aliphatic carbocycles. The number of carbonyl (C=O) groups excluding carboxylic acids is 1. The third-order valence-corrected chi connectivity index (χ3v) is 4.80. The van der Waals surface area contributed by atoms with E-state index >= 15 is 0 Å². The first kappa shape index (κ1) is 19.9. The molecule has 0 bridgehead atoms. The minimum Gasteiger partial charge on any atom is -0.489 e. The van der Waals surface area contributed by atoms with E-state index in [1.165, 1.54) is 11.8 Å². The molecule has 0 atom stereocenters. The molecule has 0 radical (unpaired) electrons. The van der Waals surface area contributed by atoms with E-state index in [1.54, 1.807) is 0 Å². The number of amides is 1. The first-order valence-electron chi connectivity index (χ1n) is 9.06. The van der Waals surface area contributed by atoms with Crippen LogP contribution in [0.4, 0.5) is 0 Å². The number of hydrogen-bond donors (Lipinski definition) is 1. The molecule has 1 heterocycles. The molecular formula is C22H23N3O2S. The highest BCUT2D eigenvalue weighted by atomic mass is 32.2. The Hall–Kier alpha value is -2.86. The van der Waals surface area contributed by atoms with Gasteiger partial charge in [0, 0.05) is 17.9 Å². The van der Waals surface area contributed by atoms with E-state index in [-0.39, 0.29) is 5.91 Å². The molecular weight excluding hydrogens is 370 g/mol. The second-order valence-corrected chi connectivity index (χ2v) is 7.36. The third kappa shape index (κ3) is 6.39. The predicted octanol–water partition coefficient (Wildman–Crippen LogP) is 4.08. The van der Waals surface area contributed by atoms with Crippen LogP contribution in [-0.4, -0.2) is 21.6 Å². The van der Waals surface area contributed by atoms with Gasteiger partial charge in [0.15, 0.2) is 5.16 Å².